The lowest BCUT2D eigenvalue weighted by atomic mass is 10.1. The molecule has 8 aromatic carbocycles. The molecule has 0 fully saturated rings. The Hall–Kier alpha value is -15.9. The number of benzene rings is 8. The molecule has 41 nitrogen and oxygen atoms in total. The van der Waals surface area contributed by atoms with Gasteiger partial charge in [-0.25, -0.2) is 94.1 Å². The van der Waals surface area contributed by atoms with Crippen molar-refractivity contribution in [2.75, 3.05) is 105 Å². The van der Waals surface area contributed by atoms with E-state index in [1.165, 1.54) is 135 Å². The van der Waals surface area contributed by atoms with E-state index in [4.69, 9.17) is 51.1 Å². The van der Waals surface area contributed by atoms with Crippen LogP contribution in [0.3, 0.4) is 0 Å². The summed E-state index contributed by atoms with van der Waals surface area (Å²) in [5, 5.41) is 46.4. The van der Waals surface area contributed by atoms with Crippen LogP contribution < -0.4 is 89.0 Å². The lowest BCUT2D eigenvalue weighted by molar-refractivity contribution is -0.383. The standard InChI is InChI=1S/C26H26ClFN6O5S2.C23H18ClFN4O6S2.C22H15ClFN5O4S2.C21H15ClFN5O6S2/c1-29-15-4-6-17-18(12-15)19(24(35)30-10-11-33(2)3)14-34(25(17)36)21-7-5-16(13-20(21)28)31-26(37)32-41(38,39)23-9-8-22(27)40-23;1-26-12-3-5-14-15(9-12)16(22(31)35-2)11-29(21(14)30)18-6-4-13(10-17(18)25)27-23(32)28-37(33,34)20-8-7-19(24)36-20;1-26-13-2-4-15-16(8-13)12(10-25)11-29(21(15)30)18-5-3-14(9-17(18)24)27-22(31)28-35(32,33)20-7-6-19(23)34-20;1-24-11-2-4-13-14(8-11)17(28(31)32)10-27(20(13)29)16-5-3-12(9-15(16)23)25-21(30)26-36(33,34)19-7-6-18(22)35-19/h4-9,12-14,29H,10-11H2,1-3H3,(H,30,35)(H2,31,32,37);3-11,26H,1-2H3,(H2,27,28,32);2-9,11,26H,1H3,(H2,27,28,31);2-10,24H,1H3,(H2,25,26,30). The van der Waals surface area contributed by atoms with Gasteiger partial charge in [-0.3, -0.25) is 52.4 Å². The molecule has 0 unspecified atom stereocenters. The number of fused-ring (bicyclic) bond motifs is 4. The van der Waals surface area contributed by atoms with Crippen LogP contribution in [0.2, 0.25) is 17.3 Å². The van der Waals surface area contributed by atoms with Gasteiger partial charge in [0.2, 0.25) is 0 Å². The molecule has 57 heteroatoms. The number of nitrogens with zero attached hydrogens (tertiary/aromatic N) is 7. The number of esters is 1. The van der Waals surface area contributed by atoms with Gasteiger partial charge in [-0.15, -0.1) is 45.3 Å². The molecule has 149 heavy (non-hydrogen) atoms. The van der Waals surface area contributed by atoms with E-state index < -0.39 is 132 Å². The zero-order chi connectivity index (χ0) is 108. The van der Waals surface area contributed by atoms with E-state index in [-0.39, 0.29) is 123 Å². The number of halogens is 8. The number of nitrogens with one attached hydrogen (secondary N) is 13. The first-order valence-electron chi connectivity index (χ1n) is 42.2. The topological polar surface area (TPSA) is 563 Å². The molecule has 0 saturated heterocycles. The van der Waals surface area contributed by atoms with E-state index >= 15 is 8.78 Å². The number of pyridine rings is 4. The van der Waals surface area contributed by atoms with E-state index in [0.717, 1.165) is 100 Å². The van der Waals surface area contributed by atoms with Crippen LogP contribution in [0.15, 0.2) is 255 Å². The second kappa shape index (κ2) is 46.5. The number of amides is 9. The van der Waals surface area contributed by atoms with Crippen molar-refractivity contribution in [3.05, 3.63) is 328 Å². The Morgan fingerprint density at radius 2 is 0.664 bits per heavy atom. The fourth-order valence-electron chi connectivity index (χ4n) is 14.1. The number of aromatic nitrogens is 4. The third-order valence-electron chi connectivity index (χ3n) is 21.0. The second-order valence-corrected chi connectivity index (χ2v) is 45.4. The van der Waals surface area contributed by atoms with Crippen LogP contribution in [0, 0.1) is 44.7 Å². The summed E-state index contributed by atoms with van der Waals surface area (Å²) < 4.78 is 175. The number of hydrogen-bond acceptors (Lipinski definition) is 31. The average molecular weight is 2270 g/mol. The third kappa shape index (κ3) is 25.9. The SMILES string of the molecule is CNc1ccc2c(=O)n(-c3ccc(NC(=O)NS(=O)(=O)c4ccc(Cl)s4)cc3F)cc(C#N)c2c1.CNc1ccc2c(=O)n(-c3ccc(NC(=O)NS(=O)(=O)c4ccc(Cl)s4)cc3F)cc(C(=O)NCCN(C)C)c2c1.CNc1ccc2c(=O)n(-c3ccc(NC(=O)NS(=O)(=O)c4ccc(Cl)s4)cc3F)cc(C(=O)OC)c2c1.CNc1ccc2c(=O)n(-c3ccc(NC(=O)NS(=O)(=O)c4ccc(Cl)s4)cc3F)cc([N+](=O)[O-])c2c1. The van der Waals surface area contributed by atoms with Crippen LogP contribution in [-0.2, 0) is 44.8 Å². The maximum Gasteiger partial charge on any atom is 0.340 e. The molecule has 0 bridgehead atoms. The van der Waals surface area contributed by atoms with Gasteiger partial charge >= 0.3 is 30.1 Å². The summed E-state index contributed by atoms with van der Waals surface area (Å²) >= 11 is 26.0. The van der Waals surface area contributed by atoms with Crippen molar-refractivity contribution >= 4 is 262 Å². The first-order valence-corrected chi connectivity index (χ1v) is 52.9. The number of ether oxygens (including phenoxy) is 1. The van der Waals surface area contributed by atoms with Crippen molar-refractivity contribution in [2.45, 2.75) is 16.8 Å². The molecule has 0 atom stereocenters. The van der Waals surface area contributed by atoms with Crippen LogP contribution in [0.4, 0.5) is 87.9 Å². The van der Waals surface area contributed by atoms with Crippen molar-refractivity contribution < 1.29 is 89.7 Å². The number of carbonyl (C=O) groups is 6. The number of rotatable bonds is 26. The highest BCUT2D eigenvalue weighted by Gasteiger charge is 2.30. The maximum absolute atomic E-state index is 15.3. The van der Waals surface area contributed by atoms with Crippen molar-refractivity contribution in [3.63, 3.8) is 0 Å². The highest BCUT2D eigenvalue weighted by Crippen LogP contribution is 2.35. The van der Waals surface area contributed by atoms with Crippen LogP contribution in [0.1, 0.15) is 26.3 Å². The zero-order valence-corrected chi connectivity index (χ0v) is 86.7. The molecule has 8 heterocycles. The summed E-state index contributed by atoms with van der Waals surface area (Å²) in [5.74, 6) is -4.87. The molecule has 0 radical (unpaired) electrons. The number of thiophene rings is 4. The number of nitriles is 1. The Morgan fingerprint density at radius 1 is 0.389 bits per heavy atom. The molecule has 0 saturated carbocycles. The predicted molar refractivity (Wildman–Crippen MR) is 564 cm³/mol. The number of nitro groups is 1. The van der Waals surface area contributed by atoms with Gasteiger partial charge in [0.15, 0.2) is 0 Å². The Balaban J connectivity index is 0.000000166. The first-order chi connectivity index (χ1) is 70.5. The number of anilines is 8. The van der Waals surface area contributed by atoms with Crippen molar-refractivity contribution in [3.8, 4) is 28.8 Å². The number of carbonyl (C=O) groups excluding carboxylic acids is 6. The summed E-state index contributed by atoms with van der Waals surface area (Å²) in [6, 6.07) is 40.2. The lowest BCUT2D eigenvalue weighted by Gasteiger charge is -2.16. The maximum atomic E-state index is 15.3. The molecule has 0 aliphatic carbocycles. The molecule has 0 spiro atoms. The summed E-state index contributed by atoms with van der Waals surface area (Å²) in [5.41, 5.74) is -1.06. The Labute approximate surface area is 876 Å². The fourth-order valence-corrected chi connectivity index (χ4v) is 23.6. The summed E-state index contributed by atoms with van der Waals surface area (Å²) in [6.45, 7) is 0.939. The minimum absolute atomic E-state index is 0.00284. The summed E-state index contributed by atoms with van der Waals surface area (Å²) in [6.07, 6.45) is 4.60. The van der Waals surface area contributed by atoms with E-state index in [9.17, 15) is 106 Å². The number of urea groups is 4. The number of sulfonamides is 4. The van der Waals surface area contributed by atoms with E-state index in [1.54, 1.807) is 92.2 Å². The summed E-state index contributed by atoms with van der Waals surface area (Å²) in [7, 11) is -5.11. The molecule has 9 amide bonds. The van der Waals surface area contributed by atoms with Crippen LogP contribution >= 0.6 is 91.8 Å². The molecule has 16 rings (SSSR count). The van der Waals surface area contributed by atoms with Gasteiger partial charge in [0.1, 0.15) is 46.2 Å². The van der Waals surface area contributed by atoms with Crippen LogP contribution in [0.25, 0.3) is 65.8 Å². The van der Waals surface area contributed by atoms with Crippen molar-refractivity contribution in [1.29, 1.82) is 5.26 Å². The molecule has 0 aliphatic rings. The molecular weight excluding hydrogens is 2200 g/mol. The van der Waals surface area contributed by atoms with Gasteiger partial charge in [-0.1, -0.05) is 46.4 Å². The van der Waals surface area contributed by atoms with Gasteiger partial charge in [0.05, 0.1) is 85.8 Å². The molecule has 0 aliphatic heterocycles. The van der Waals surface area contributed by atoms with Gasteiger partial charge in [-0.05, 0) is 208 Å². The smallest absolute Gasteiger partial charge is 0.340 e. The molecule has 8 aromatic heterocycles. The number of methoxy groups -OCH3 is 1. The largest absolute Gasteiger partial charge is 0.465 e. The van der Waals surface area contributed by atoms with Crippen LogP contribution in [-0.4, -0.2) is 160 Å². The number of hydrogen-bond donors (Lipinski definition) is 13. The molecule has 16 aromatic rings. The van der Waals surface area contributed by atoms with Crippen molar-refractivity contribution in [1.82, 2.24) is 47.4 Å². The summed E-state index contributed by atoms with van der Waals surface area (Å²) in [4.78, 5) is 140. The minimum Gasteiger partial charge on any atom is -0.465 e. The Morgan fingerprint density at radius 3 is 0.946 bits per heavy atom. The molecular formula is C92H74Cl4F4N20O21S8. The molecule has 13 N–H and O–H groups in total. The van der Waals surface area contributed by atoms with Gasteiger partial charge in [0.25, 0.3) is 73.9 Å². The Bertz CT molecular complexity index is 8960. The molecule has 772 valence electrons. The highest BCUT2D eigenvalue weighted by molar-refractivity contribution is 7.93. The van der Waals surface area contributed by atoms with E-state index in [0.29, 0.717) is 52.0 Å². The quantitative estimate of drug-likeness (QED) is 0.0104. The van der Waals surface area contributed by atoms with Gasteiger partial charge in [-0.2, -0.15) is 5.26 Å². The predicted octanol–water partition coefficient (Wildman–Crippen LogP) is 16.4. The minimum atomic E-state index is -4.20. The normalized spacial score (nSPS) is 11.3. The first kappa shape index (κ1) is 110. The van der Waals surface area contributed by atoms with Crippen molar-refractivity contribution in [2.24, 2.45) is 0 Å². The zero-order valence-electron chi connectivity index (χ0n) is 77.2. The van der Waals surface area contributed by atoms with E-state index in [1.807, 2.05) is 34.5 Å². The lowest BCUT2D eigenvalue weighted by Crippen LogP contribution is -2.34. The van der Waals surface area contributed by atoms with E-state index in [2.05, 4.69) is 47.9 Å². The second-order valence-electron chi connectivity index (χ2n) is 30.9. The fraction of sp³-hybridized carbons (Fsp3) is 0.0978. The average Bonchev–Trinajstić information content (AvgIpc) is 1.71. The van der Waals surface area contributed by atoms with Crippen LogP contribution in [0.5, 0.6) is 0 Å². The van der Waals surface area contributed by atoms with Gasteiger partial charge in [0, 0.05) is 138 Å². The highest BCUT2D eigenvalue weighted by atomic mass is 35.5. The third-order valence-corrected chi connectivity index (χ3v) is 33.3. The Kier molecular flexibility index (Phi) is 34.4. The van der Waals surface area contributed by atoms with Gasteiger partial charge < -0.3 is 57.5 Å². The number of likely N-dealkylation sites (N-methyl/N-ethyl adjacent to an activating group) is 1. The monoisotopic (exact) mass is 2270 g/mol.